The van der Waals surface area contributed by atoms with Gasteiger partial charge in [0.25, 0.3) is 11.7 Å². The maximum absolute atomic E-state index is 13.4. The molecule has 6 nitrogen and oxygen atoms in total. The zero-order valence-electron chi connectivity index (χ0n) is 20.6. The second-order valence-electron chi connectivity index (χ2n) is 8.65. The molecule has 1 fully saturated rings. The number of hydrogen-bond acceptors (Lipinski definition) is 5. The predicted molar refractivity (Wildman–Crippen MR) is 136 cm³/mol. The average molecular weight is 472 g/mol. The van der Waals surface area contributed by atoms with Crippen LogP contribution in [-0.2, 0) is 9.59 Å². The third-order valence-electron chi connectivity index (χ3n) is 6.31. The van der Waals surface area contributed by atoms with Gasteiger partial charge >= 0.3 is 0 Å². The minimum Gasteiger partial charge on any atom is -0.507 e. The van der Waals surface area contributed by atoms with Crippen molar-refractivity contribution in [3.05, 3.63) is 94.1 Å². The Morgan fingerprint density at radius 1 is 0.943 bits per heavy atom. The Morgan fingerprint density at radius 3 is 2.37 bits per heavy atom. The highest BCUT2D eigenvalue weighted by Gasteiger charge is 2.47. The molecule has 4 rings (SSSR count). The predicted octanol–water partition coefficient (Wildman–Crippen LogP) is 5.65. The summed E-state index contributed by atoms with van der Waals surface area (Å²) in [5.74, 6) is -0.605. The Morgan fingerprint density at radius 2 is 1.71 bits per heavy atom. The molecule has 0 spiro atoms. The number of aliphatic hydroxyl groups is 1. The van der Waals surface area contributed by atoms with E-state index in [1.54, 1.807) is 37.4 Å². The van der Waals surface area contributed by atoms with Gasteiger partial charge in [0.15, 0.2) is 11.5 Å². The zero-order valence-corrected chi connectivity index (χ0v) is 20.6. The van der Waals surface area contributed by atoms with Crippen LogP contribution in [0.3, 0.4) is 0 Å². The Hall–Kier alpha value is -4.06. The molecule has 6 heteroatoms. The number of aliphatic hydroxyl groups excluding tert-OH is 1. The molecule has 1 N–H and O–H groups in total. The third-order valence-corrected chi connectivity index (χ3v) is 6.31. The number of aryl methyl sites for hydroxylation is 3. The Bertz CT molecular complexity index is 1340. The summed E-state index contributed by atoms with van der Waals surface area (Å²) in [5.41, 5.74) is 4.70. The molecule has 3 aromatic rings. The molecule has 1 heterocycles. The van der Waals surface area contributed by atoms with Gasteiger partial charge in [-0.2, -0.15) is 0 Å². The van der Waals surface area contributed by atoms with Crippen molar-refractivity contribution in [3.8, 4) is 11.5 Å². The Kier molecular flexibility index (Phi) is 6.65. The van der Waals surface area contributed by atoms with Crippen LogP contribution >= 0.6 is 0 Å². The van der Waals surface area contributed by atoms with E-state index in [1.807, 2.05) is 58.0 Å². The fourth-order valence-corrected chi connectivity index (χ4v) is 4.37. The van der Waals surface area contributed by atoms with Crippen LogP contribution in [-0.4, -0.2) is 30.5 Å². The lowest BCUT2D eigenvalue weighted by Gasteiger charge is -2.26. The first kappa shape index (κ1) is 24.1. The number of anilines is 1. The van der Waals surface area contributed by atoms with E-state index in [1.165, 1.54) is 4.90 Å². The largest absolute Gasteiger partial charge is 0.507 e. The molecule has 0 radical (unpaired) electrons. The molecule has 180 valence electrons. The minimum atomic E-state index is -0.844. The van der Waals surface area contributed by atoms with E-state index in [0.29, 0.717) is 34.9 Å². The number of methoxy groups -OCH3 is 1. The van der Waals surface area contributed by atoms with Gasteiger partial charge in [-0.15, -0.1) is 0 Å². The number of carbonyl (C=O) groups excluding carboxylic acids is 2. The molecule has 1 aliphatic rings. The van der Waals surface area contributed by atoms with Gasteiger partial charge in [0.2, 0.25) is 0 Å². The highest BCUT2D eigenvalue weighted by Crippen LogP contribution is 2.44. The van der Waals surface area contributed by atoms with E-state index >= 15 is 0 Å². The maximum atomic E-state index is 13.4. The van der Waals surface area contributed by atoms with Crippen LogP contribution in [0.5, 0.6) is 11.5 Å². The maximum Gasteiger partial charge on any atom is 0.300 e. The molecule has 35 heavy (non-hydrogen) atoms. The summed E-state index contributed by atoms with van der Waals surface area (Å²) in [6.07, 6.45) is 0. The van der Waals surface area contributed by atoms with Crippen LogP contribution in [0, 0.1) is 20.8 Å². The van der Waals surface area contributed by atoms with Gasteiger partial charge in [0.05, 0.1) is 25.3 Å². The number of amides is 1. The molecule has 0 aliphatic carbocycles. The van der Waals surface area contributed by atoms with Crippen molar-refractivity contribution in [1.82, 2.24) is 0 Å². The molecule has 1 atom stereocenters. The number of nitrogens with zero attached hydrogens (tertiary/aromatic N) is 1. The van der Waals surface area contributed by atoms with Gasteiger partial charge in [-0.3, -0.25) is 14.5 Å². The molecule has 0 aromatic heterocycles. The molecule has 0 saturated carbocycles. The first-order chi connectivity index (χ1) is 16.8. The zero-order chi connectivity index (χ0) is 25.3. The van der Waals surface area contributed by atoms with Gasteiger partial charge in [0.1, 0.15) is 5.76 Å². The lowest BCUT2D eigenvalue weighted by Crippen LogP contribution is -2.29. The van der Waals surface area contributed by atoms with Crippen LogP contribution in [0.2, 0.25) is 0 Å². The summed E-state index contributed by atoms with van der Waals surface area (Å²) in [6, 6.07) is 17.3. The topological polar surface area (TPSA) is 76.1 Å². The number of carbonyl (C=O) groups is 2. The fourth-order valence-electron chi connectivity index (χ4n) is 4.37. The van der Waals surface area contributed by atoms with Gasteiger partial charge < -0.3 is 14.6 Å². The number of rotatable bonds is 6. The Labute approximate surface area is 205 Å². The second kappa shape index (κ2) is 9.66. The van der Waals surface area contributed by atoms with Crippen LogP contribution < -0.4 is 14.4 Å². The van der Waals surface area contributed by atoms with E-state index in [4.69, 9.17) is 9.47 Å². The molecule has 3 aromatic carbocycles. The smallest absolute Gasteiger partial charge is 0.300 e. The number of ether oxygens (including phenoxy) is 2. The van der Waals surface area contributed by atoms with E-state index in [0.717, 1.165) is 16.7 Å². The van der Waals surface area contributed by atoms with Crippen molar-refractivity contribution in [2.45, 2.75) is 33.7 Å². The lowest BCUT2D eigenvalue weighted by atomic mass is 9.94. The van der Waals surface area contributed by atoms with Gasteiger partial charge in [0, 0.05) is 11.3 Å². The Balaban J connectivity index is 1.98. The monoisotopic (exact) mass is 471 g/mol. The van der Waals surface area contributed by atoms with Gasteiger partial charge in [-0.25, -0.2) is 0 Å². The van der Waals surface area contributed by atoms with Crippen LogP contribution in [0.25, 0.3) is 5.76 Å². The second-order valence-corrected chi connectivity index (χ2v) is 8.65. The lowest BCUT2D eigenvalue weighted by molar-refractivity contribution is -0.132. The number of hydrogen-bond donors (Lipinski definition) is 1. The van der Waals surface area contributed by atoms with Gasteiger partial charge in [-0.1, -0.05) is 30.3 Å². The van der Waals surface area contributed by atoms with Crippen molar-refractivity contribution in [3.63, 3.8) is 0 Å². The van der Waals surface area contributed by atoms with Gasteiger partial charge in [-0.05, 0) is 80.3 Å². The summed E-state index contributed by atoms with van der Waals surface area (Å²) < 4.78 is 11.2. The average Bonchev–Trinajstić information content (AvgIpc) is 3.11. The summed E-state index contributed by atoms with van der Waals surface area (Å²) in [4.78, 5) is 28.2. The number of Topliss-reactive ketones (excluding diaryl/α,β-unsaturated/α-hetero) is 1. The van der Waals surface area contributed by atoms with Crippen molar-refractivity contribution < 1.29 is 24.2 Å². The number of benzene rings is 3. The van der Waals surface area contributed by atoms with Crippen molar-refractivity contribution in [2.75, 3.05) is 18.6 Å². The van der Waals surface area contributed by atoms with E-state index in [9.17, 15) is 14.7 Å². The highest BCUT2D eigenvalue weighted by atomic mass is 16.5. The van der Waals surface area contributed by atoms with E-state index in [-0.39, 0.29) is 11.3 Å². The van der Waals surface area contributed by atoms with Crippen molar-refractivity contribution in [1.29, 1.82) is 0 Å². The molecular formula is C29H29NO5. The molecule has 1 aliphatic heterocycles. The molecule has 0 bridgehead atoms. The number of ketones is 1. The summed E-state index contributed by atoms with van der Waals surface area (Å²) in [7, 11) is 1.55. The fraction of sp³-hybridized carbons (Fsp3) is 0.241. The van der Waals surface area contributed by atoms with E-state index < -0.39 is 17.7 Å². The molecular weight excluding hydrogens is 442 g/mol. The summed E-state index contributed by atoms with van der Waals surface area (Å²) in [5, 5.41) is 11.4. The van der Waals surface area contributed by atoms with Crippen LogP contribution in [0.4, 0.5) is 5.69 Å². The van der Waals surface area contributed by atoms with Crippen LogP contribution in [0.15, 0.2) is 66.2 Å². The highest BCUT2D eigenvalue weighted by molar-refractivity contribution is 6.51. The molecule has 1 amide bonds. The quantitative estimate of drug-likeness (QED) is 0.286. The van der Waals surface area contributed by atoms with Crippen molar-refractivity contribution in [2.24, 2.45) is 0 Å². The first-order valence-corrected chi connectivity index (χ1v) is 11.5. The van der Waals surface area contributed by atoms with Crippen LogP contribution in [0.1, 0.15) is 40.8 Å². The molecule has 1 saturated heterocycles. The third kappa shape index (κ3) is 4.39. The minimum absolute atomic E-state index is 0.0346. The van der Waals surface area contributed by atoms with E-state index in [2.05, 4.69) is 0 Å². The summed E-state index contributed by atoms with van der Waals surface area (Å²) in [6.45, 7) is 8.12. The van der Waals surface area contributed by atoms with Crippen molar-refractivity contribution >= 4 is 23.1 Å². The SMILES string of the molecule is CCOc1cc(C2/C(=C(/O)c3ccc(C)c(C)c3)C(=O)C(=O)N2c2cccc(C)c2)ccc1OC. The molecule has 1 unspecified atom stereocenters. The normalized spacial score (nSPS) is 17.1. The summed E-state index contributed by atoms with van der Waals surface area (Å²) >= 11 is 0. The first-order valence-electron chi connectivity index (χ1n) is 11.5. The standard InChI is InChI=1S/C29H29NO5/c1-6-35-24-16-20(12-13-23(24)34-5)26-25(27(31)21-11-10-18(3)19(4)15-21)28(32)29(33)30(26)22-9-7-8-17(2)14-22/h7-16,26,31H,6H2,1-5H3/b27-25-.